The summed E-state index contributed by atoms with van der Waals surface area (Å²) in [6.45, 7) is 2.74. The Balaban J connectivity index is 1.59. The lowest BCUT2D eigenvalue weighted by molar-refractivity contribution is 0.0631. The van der Waals surface area contributed by atoms with E-state index >= 15 is 0 Å². The molecule has 2 aromatic carbocycles. The van der Waals surface area contributed by atoms with Gasteiger partial charge in [0.05, 0.1) is 20.3 Å². The minimum atomic E-state index is -0.208. The third kappa shape index (κ3) is 4.71. The molecule has 2 aromatic rings. The highest BCUT2D eigenvalue weighted by molar-refractivity contribution is 7.80. The maximum Gasteiger partial charge on any atom is 0.264 e. The maximum absolute atomic E-state index is 12.4. The van der Waals surface area contributed by atoms with Crippen LogP contribution >= 0.6 is 12.2 Å². The van der Waals surface area contributed by atoms with Gasteiger partial charge in [-0.05, 0) is 48.6 Å². The van der Waals surface area contributed by atoms with Gasteiger partial charge < -0.3 is 24.4 Å². The molecule has 0 radical (unpaired) electrons. The topological polar surface area (TPSA) is 60.0 Å². The number of nitrogens with one attached hydrogen (secondary N) is 1. The third-order valence-electron chi connectivity index (χ3n) is 3.92. The summed E-state index contributed by atoms with van der Waals surface area (Å²) in [5, 5.41) is 3.26. The van der Waals surface area contributed by atoms with Crippen molar-refractivity contribution in [1.29, 1.82) is 0 Å². The van der Waals surface area contributed by atoms with Crippen LogP contribution in [0.4, 0.5) is 5.69 Å². The molecule has 0 spiro atoms. The molecule has 7 heteroatoms. The largest absolute Gasteiger partial charge is 0.497 e. The van der Waals surface area contributed by atoms with Crippen molar-refractivity contribution >= 4 is 29.0 Å². The molecule has 1 aliphatic heterocycles. The first kappa shape index (κ1) is 18.2. The number of rotatable bonds is 4. The Hall–Kier alpha value is -2.64. The fourth-order valence-corrected chi connectivity index (χ4v) is 2.77. The van der Waals surface area contributed by atoms with Crippen LogP contribution in [0.15, 0.2) is 48.5 Å². The summed E-state index contributed by atoms with van der Waals surface area (Å²) in [6, 6.07) is 14.1. The molecular weight excluding hydrogens is 352 g/mol. The van der Waals surface area contributed by atoms with E-state index in [0.717, 1.165) is 13.1 Å². The SMILES string of the molecule is COc1cccc(NC(=O)c2ccc(OC(=S)N3CCOCC3)cc2)c1. The van der Waals surface area contributed by atoms with Crippen molar-refractivity contribution in [1.82, 2.24) is 4.90 Å². The van der Waals surface area contributed by atoms with Gasteiger partial charge in [-0.25, -0.2) is 0 Å². The van der Waals surface area contributed by atoms with Crippen LogP contribution in [0.25, 0.3) is 0 Å². The first-order valence-electron chi connectivity index (χ1n) is 8.26. The van der Waals surface area contributed by atoms with Crippen molar-refractivity contribution in [3.05, 3.63) is 54.1 Å². The van der Waals surface area contributed by atoms with Gasteiger partial charge in [0.15, 0.2) is 0 Å². The zero-order valence-corrected chi connectivity index (χ0v) is 15.3. The van der Waals surface area contributed by atoms with Crippen LogP contribution in [-0.4, -0.2) is 49.4 Å². The van der Waals surface area contributed by atoms with E-state index in [9.17, 15) is 4.79 Å². The van der Waals surface area contributed by atoms with Crippen molar-refractivity contribution in [2.45, 2.75) is 0 Å². The monoisotopic (exact) mass is 372 g/mol. The normalized spacial score (nSPS) is 13.8. The predicted octanol–water partition coefficient (Wildman–Crippen LogP) is 2.94. The number of nitrogens with zero attached hydrogens (tertiary/aromatic N) is 1. The quantitative estimate of drug-likeness (QED) is 0.833. The molecule has 0 aromatic heterocycles. The fraction of sp³-hybridized carbons (Fsp3) is 0.263. The van der Waals surface area contributed by atoms with E-state index in [1.807, 2.05) is 17.0 Å². The molecule has 1 saturated heterocycles. The Labute approximate surface area is 157 Å². The second-order valence-electron chi connectivity index (χ2n) is 5.68. The molecular formula is C19H20N2O4S. The molecule has 0 bridgehead atoms. The second kappa shape index (κ2) is 8.64. The first-order valence-corrected chi connectivity index (χ1v) is 8.66. The van der Waals surface area contributed by atoms with Gasteiger partial charge in [-0.1, -0.05) is 6.07 Å². The molecule has 1 aliphatic rings. The van der Waals surface area contributed by atoms with Gasteiger partial charge in [0.25, 0.3) is 11.1 Å². The smallest absolute Gasteiger partial charge is 0.264 e. The first-order chi connectivity index (χ1) is 12.7. The molecule has 0 unspecified atom stereocenters. The van der Waals surface area contributed by atoms with Gasteiger partial charge in [-0.2, -0.15) is 0 Å². The minimum Gasteiger partial charge on any atom is -0.497 e. The average molecular weight is 372 g/mol. The number of ether oxygens (including phenoxy) is 3. The van der Waals surface area contributed by atoms with E-state index in [2.05, 4.69) is 5.32 Å². The molecule has 0 atom stereocenters. The van der Waals surface area contributed by atoms with E-state index in [4.69, 9.17) is 26.4 Å². The Kier molecular flexibility index (Phi) is 6.04. The molecule has 136 valence electrons. The molecule has 1 amide bonds. The number of amides is 1. The number of thiocarbonyl (C=S) groups is 1. The van der Waals surface area contributed by atoms with Gasteiger partial charge in [0.1, 0.15) is 11.5 Å². The Morgan fingerprint density at radius 2 is 1.85 bits per heavy atom. The van der Waals surface area contributed by atoms with Crippen LogP contribution in [0.1, 0.15) is 10.4 Å². The maximum atomic E-state index is 12.4. The molecule has 1 heterocycles. The molecule has 6 nitrogen and oxygen atoms in total. The Morgan fingerprint density at radius 1 is 1.12 bits per heavy atom. The Morgan fingerprint density at radius 3 is 2.54 bits per heavy atom. The van der Waals surface area contributed by atoms with E-state index in [-0.39, 0.29) is 5.91 Å². The third-order valence-corrected chi connectivity index (χ3v) is 4.26. The predicted molar refractivity (Wildman–Crippen MR) is 103 cm³/mol. The zero-order chi connectivity index (χ0) is 18.4. The number of anilines is 1. The van der Waals surface area contributed by atoms with Crippen LogP contribution in [0.5, 0.6) is 11.5 Å². The molecule has 1 N–H and O–H groups in total. The van der Waals surface area contributed by atoms with Crippen molar-refractivity contribution < 1.29 is 19.0 Å². The van der Waals surface area contributed by atoms with Crippen molar-refractivity contribution in [2.75, 3.05) is 38.7 Å². The Bertz CT molecular complexity index is 773. The lowest BCUT2D eigenvalue weighted by Crippen LogP contribution is -2.42. The summed E-state index contributed by atoms with van der Waals surface area (Å²) in [6.07, 6.45) is 0. The number of methoxy groups -OCH3 is 1. The van der Waals surface area contributed by atoms with Crippen LogP contribution in [0.3, 0.4) is 0 Å². The van der Waals surface area contributed by atoms with Gasteiger partial charge in [-0.3, -0.25) is 4.79 Å². The summed E-state index contributed by atoms with van der Waals surface area (Å²) >= 11 is 5.31. The number of carbonyl (C=O) groups is 1. The van der Waals surface area contributed by atoms with Crippen LogP contribution < -0.4 is 14.8 Å². The number of benzene rings is 2. The molecule has 1 fully saturated rings. The highest BCUT2D eigenvalue weighted by atomic mass is 32.1. The van der Waals surface area contributed by atoms with Gasteiger partial charge >= 0.3 is 0 Å². The highest BCUT2D eigenvalue weighted by Crippen LogP contribution is 2.19. The number of hydrogen-bond donors (Lipinski definition) is 1. The average Bonchev–Trinajstić information content (AvgIpc) is 2.69. The standard InChI is InChI=1S/C19H20N2O4S/c1-23-17-4-2-3-15(13-17)20-18(22)14-5-7-16(8-6-14)25-19(26)21-9-11-24-12-10-21/h2-8,13H,9-12H2,1H3,(H,20,22). The summed E-state index contributed by atoms with van der Waals surface area (Å²) < 4.78 is 16.1. The van der Waals surface area contributed by atoms with Gasteiger partial charge in [0.2, 0.25) is 0 Å². The van der Waals surface area contributed by atoms with E-state index < -0.39 is 0 Å². The summed E-state index contributed by atoms with van der Waals surface area (Å²) in [4.78, 5) is 14.3. The molecule has 0 aliphatic carbocycles. The summed E-state index contributed by atoms with van der Waals surface area (Å²) in [5.74, 6) is 1.07. The lowest BCUT2D eigenvalue weighted by atomic mass is 10.2. The van der Waals surface area contributed by atoms with Crippen molar-refractivity contribution in [3.8, 4) is 11.5 Å². The fourth-order valence-electron chi connectivity index (χ4n) is 2.49. The number of morpholine rings is 1. The van der Waals surface area contributed by atoms with Crippen LogP contribution in [0, 0.1) is 0 Å². The highest BCUT2D eigenvalue weighted by Gasteiger charge is 2.15. The van der Waals surface area contributed by atoms with Crippen LogP contribution in [-0.2, 0) is 4.74 Å². The molecule has 3 rings (SSSR count). The summed E-state index contributed by atoms with van der Waals surface area (Å²) in [7, 11) is 1.58. The lowest BCUT2D eigenvalue weighted by Gasteiger charge is -2.28. The molecule has 26 heavy (non-hydrogen) atoms. The second-order valence-corrected chi connectivity index (χ2v) is 6.03. The zero-order valence-electron chi connectivity index (χ0n) is 14.4. The number of carbonyl (C=O) groups excluding carboxylic acids is 1. The van der Waals surface area contributed by atoms with Gasteiger partial charge in [-0.15, -0.1) is 0 Å². The van der Waals surface area contributed by atoms with Gasteiger partial charge in [0, 0.05) is 30.4 Å². The van der Waals surface area contributed by atoms with Crippen molar-refractivity contribution in [3.63, 3.8) is 0 Å². The minimum absolute atomic E-state index is 0.208. The number of hydrogen-bond acceptors (Lipinski definition) is 5. The van der Waals surface area contributed by atoms with E-state index in [1.165, 1.54) is 0 Å². The van der Waals surface area contributed by atoms with E-state index in [0.29, 0.717) is 41.1 Å². The van der Waals surface area contributed by atoms with E-state index in [1.54, 1.807) is 43.5 Å². The molecule has 0 saturated carbocycles. The van der Waals surface area contributed by atoms with Crippen molar-refractivity contribution in [2.24, 2.45) is 0 Å². The summed E-state index contributed by atoms with van der Waals surface area (Å²) in [5.41, 5.74) is 1.20. The van der Waals surface area contributed by atoms with Crippen LogP contribution in [0.2, 0.25) is 0 Å².